The van der Waals surface area contributed by atoms with Gasteiger partial charge in [-0.05, 0) is 27.7 Å². The summed E-state index contributed by atoms with van der Waals surface area (Å²) in [5, 5.41) is 21.9. The van der Waals surface area contributed by atoms with Gasteiger partial charge in [0, 0.05) is 24.3 Å². The van der Waals surface area contributed by atoms with Crippen molar-refractivity contribution < 1.29 is 9.72 Å². The molecule has 1 atom stereocenters. The number of nitrogens with one attached hydrogen (secondary N) is 1. The van der Waals surface area contributed by atoms with Crippen molar-refractivity contribution in [1.29, 1.82) is 0 Å². The highest BCUT2D eigenvalue weighted by Crippen LogP contribution is 2.18. The van der Waals surface area contributed by atoms with Gasteiger partial charge in [-0.3, -0.25) is 24.3 Å². The molecule has 1 N–H and O–H groups in total. The maximum absolute atomic E-state index is 12.2. The highest BCUT2D eigenvalue weighted by molar-refractivity contribution is 5.79. The lowest BCUT2D eigenvalue weighted by atomic mass is 10.2. The first kappa shape index (κ1) is 16.7. The first-order valence-electron chi connectivity index (χ1n) is 7.34. The van der Waals surface area contributed by atoms with Gasteiger partial charge in [-0.15, -0.1) is 0 Å². The molecule has 2 heterocycles. The fourth-order valence-corrected chi connectivity index (χ4v) is 2.28. The Morgan fingerprint density at radius 1 is 1.48 bits per heavy atom. The fraction of sp³-hybridized carbons (Fsp3) is 0.500. The molecule has 0 aromatic carbocycles. The van der Waals surface area contributed by atoms with Gasteiger partial charge < -0.3 is 5.32 Å². The van der Waals surface area contributed by atoms with Crippen LogP contribution in [0.25, 0.3) is 0 Å². The number of nitrogens with zero attached hydrogens (tertiary/aromatic N) is 5. The van der Waals surface area contributed by atoms with Crippen molar-refractivity contribution in [2.75, 3.05) is 0 Å². The van der Waals surface area contributed by atoms with E-state index < -0.39 is 11.0 Å². The summed E-state index contributed by atoms with van der Waals surface area (Å²) in [6.07, 6.45) is 3.01. The van der Waals surface area contributed by atoms with Crippen LogP contribution in [0.5, 0.6) is 0 Å². The molecule has 0 aliphatic carbocycles. The largest absolute Gasteiger partial charge is 0.350 e. The van der Waals surface area contributed by atoms with Crippen LogP contribution in [0, 0.1) is 24.0 Å². The van der Waals surface area contributed by atoms with E-state index in [2.05, 4.69) is 15.5 Å². The second kappa shape index (κ2) is 6.59. The molecule has 0 aliphatic rings. The second-order valence-corrected chi connectivity index (χ2v) is 5.30. The van der Waals surface area contributed by atoms with E-state index >= 15 is 0 Å². The van der Waals surface area contributed by atoms with Gasteiger partial charge in [0.2, 0.25) is 5.91 Å². The Hall–Kier alpha value is -2.71. The van der Waals surface area contributed by atoms with Crippen LogP contribution in [0.3, 0.4) is 0 Å². The van der Waals surface area contributed by atoms with Crippen LogP contribution in [0.4, 0.5) is 5.69 Å². The molecule has 124 valence electrons. The molecule has 0 bridgehead atoms. The Bertz CT molecular complexity index is 733. The zero-order chi connectivity index (χ0) is 17.1. The third-order valence-electron chi connectivity index (χ3n) is 3.82. The first-order chi connectivity index (χ1) is 10.8. The Labute approximate surface area is 133 Å². The summed E-state index contributed by atoms with van der Waals surface area (Å²) >= 11 is 0. The molecular weight excluding hydrogens is 300 g/mol. The molecule has 2 aromatic rings. The molecule has 1 amide bonds. The minimum Gasteiger partial charge on any atom is -0.350 e. The molecule has 0 saturated carbocycles. The maximum Gasteiger partial charge on any atom is 0.309 e. The van der Waals surface area contributed by atoms with Crippen molar-refractivity contribution in [3.63, 3.8) is 0 Å². The number of amides is 1. The van der Waals surface area contributed by atoms with E-state index in [-0.39, 0.29) is 17.3 Å². The smallest absolute Gasteiger partial charge is 0.309 e. The predicted octanol–water partition coefficient (Wildman–Crippen LogP) is 1.50. The first-order valence-corrected chi connectivity index (χ1v) is 7.34. The molecule has 0 fully saturated rings. The normalized spacial score (nSPS) is 12.2. The summed E-state index contributed by atoms with van der Waals surface area (Å²) in [5.74, 6) is -0.258. The molecule has 9 heteroatoms. The van der Waals surface area contributed by atoms with Crippen LogP contribution in [-0.2, 0) is 17.9 Å². The third kappa shape index (κ3) is 3.38. The van der Waals surface area contributed by atoms with Crippen molar-refractivity contribution in [2.24, 2.45) is 0 Å². The zero-order valence-corrected chi connectivity index (χ0v) is 13.6. The summed E-state index contributed by atoms with van der Waals surface area (Å²) in [6.45, 7) is 8.26. The SMILES string of the molecule is CCn1ncc(CNC(=O)C(C)n2cc([N+](=O)[O-])c(C)n2)c1C. The van der Waals surface area contributed by atoms with Gasteiger partial charge in [-0.25, -0.2) is 0 Å². The minimum atomic E-state index is -0.635. The van der Waals surface area contributed by atoms with Crippen molar-refractivity contribution in [1.82, 2.24) is 24.9 Å². The number of rotatable bonds is 6. The summed E-state index contributed by atoms with van der Waals surface area (Å²) < 4.78 is 3.16. The lowest BCUT2D eigenvalue weighted by Gasteiger charge is -2.12. The van der Waals surface area contributed by atoms with Crippen molar-refractivity contribution in [3.8, 4) is 0 Å². The van der Waals surface area contributed by atoms with Crippen molar-refractivity contribution >= 4 is 11.6 Å². The monoisotopic (exact) mass is 320 g/mol. The molecule has 1 unspecified atom stereocenters. The Balaban J connectivity index is 2.04. The maximum atomic E-state index is 12.2. The van der Waals surface area contributed by atoms with Crippen LogP contribution >= 0.6 is 0 Å². The van der Waals surface area contributed by atoms with Crippen LogP contribution in [-0.4, -0.2) is 30.4 Å². The van der Waals surface area contributed by atoms with Gasteiger partial charge in [0.05, 0.1) is 11.1 Å². The van der Waals surface area contributed by atoms with Crippen LogP contribution < -0.4 is 5.32 Å². The lowest BCUT2D eigenvalue weighted by molar-refractivity contribution is -0.385. The highest BCUT2D eigenvalue weighted by Gasteiger charge is 2.22. The standard InChI is InChI=1S/C14H20N6O3/c1-5-18-10(3)12(7-16-18)6-15-14(21)11(4)19-8-13(20(22)23)9(2)17-19/h7-8,11H,5-6H2,1-4H3,(H,15,21). The Morgan fingerprint density at radius 2 is 2.17 bits per heavy atom. The van der Waals surface area contributed by atoms with E-state index in [4.69, 9.17) is 0 Å². The van der Waals surface area contributed by atoms with Crippen LogP contribution in [0.2, 0.25) is 0 Å². The van der Waals surface area contributed by atoms with Gasteiger partial charge in [0.15, 0.2) is 0 Å². The summed E-state index contributed by atoms with van der Waals surface area (Å²) in [4.78, 5) is 22.6. The Kier molecular flexibility index (Phi) is 4.77. The zero-order valence-electron chi connectivity index (χ0n) is 13.6. The minimum absolute atomic E-state index is 0.0929. The predicted molar refractivity (Wildman–Crippen MR) is 82.8 cm³/mol. The number of carbonyl (C=O) groups is 1. The Morgan fingerprint density at radius 3 is 2.70 bits per heavy atom. The fourth-order valence-electron chi connectivity index (χ4n) is 2.28. The quantitative estimate of drug-likeness (QED) is 0.641. The summed E-state index contributed by atoms with van der Waals surface area (Å²) in [5.41, 5.74) is 2.14. The molecule has 9 nitrogen and oxygen atoms in total. The molecule has 2 aromatic heterocycles. The topological polar surface area (TPSA) is 108 Å². The number of carbonyl (C=O) groups excluding carboxylic acids is 1. The van der Waals surface area contributed by atoms with E-state index in [0.717, 1.165) is 17.8 Å². The summed E-state index contributed by atoms with van der Waals surface area (Å²) in [6, 6.07) is -0.635. The van der Waals surface area contributed by atoms with E-state index in [9.17, 15) is 14.9 Å². The van der Waals surface area contributed by atoms with Gasteiger partial charge in [-0.1, -0.05) is 0 Å². The number of hydrogen-bond acceptors (Lipinski definition) is 5. The molecule has 0 saturated heterocycles. The number of hydrogen-bond donors (Lipinski definition) is 1. The van der Waals surface area contributed by atoms with E-state index in [1.54, 1.807) is 20.0 Å². The molecule has 0 aliphatic heterocycles. The van der Waals surface area contributed by atoms with Gasteiger partial charge in [0.1, 0.15) is 17.9 Å². The average molecular weight is 320 g/mol. The third-order valence-corrected chi connectivity index (χ3v) is 3.82. The second-order valence-electron chi connectivity index (χ2n) is 5.30. The van der Waals surface area contributed by atoms with Crippen molar-refractivity contribution in [2.45, 2.75) is 46.8 Å². The summed E-state index contributed by atoms with van der Waals surface area (Å²) in [7, 11) is 0. The van der Waals surface area contributed by atoms with Crippen LogP contribution in [0.15, 0.2) is 12.4 Å². The van der Waals surface area contributed by atoms with E-state index in [1.807, 2.05) is 18.5 Å². The van der Waals surface area contributed by atoms with Gasteiger partial charge in [-0.2, -0.15) is 10.2 Å². The molecule has 23 heavy (non-hydrogen) atoms. The lowest BCUT2D eigenvalue weighted by Crippen LogP contribution is -2.31. The number of aryl methyl sites for hydroxylation is 2. The van der Waals surface area contributed by atoms with Crippen LogP contribution in [0.1, 0.15) is 36.8 Å². The highest BCUT2D eigenvalue weighted by atomic mass is 16.6. The number of nitro groups is 1. The molecular formula is C14H20N6O3. The molecule has 0 radical (unpaired) electrons. The molecule has 2 rings (SSSR count). The van der Waals surface area contributed by atoms with E-state index in [1.165, 1.54) is 10.9 Å². The number of aromatic nitrogens is 4. The van der Waals surface area contributed by atoms with Crippen molar-refractivity contribution in [3.05, 3.63) is 39.5 Å². The van der Waals surface area contributed by atoms with E-state index in [0.29, 0.717) is 6.54 Å². The van der Waals surface area contributed by atoms with Gasteiger partial charge >= 0.3 is 5.69 Å². The van der Waals surface area contributed by atoms with Gasteiger partial charge in [0.25, 0.3) is 0 Å². The average Bonchev–Trinajstić information content (AvgIpc) is 3.07. The molecule has 0 spiro atoms.